The summed E-state index contributed by atoms with van der Waals surface area (Å²) in [6.07, 6.45) is -0.0680. The molecule has 0 unspecified atom stereocenters. The van der Waals surface area contributed by atoms with Crippen molar-refractivity contribution in [2.75, 3.05) is 18.9 Å². The minimum Gasteiger partial charge on any atom is -0.334 e. The first-order chi connectivity index (χ1) is 18.4. The van der Waals surface area contributed by atoms with Gasteiger partial charge in [0.15, 0.2) is 11.6 Å². The Balaban J connectivity index is 1.29. The van der Waals surface area contributed by atoms with Gasteiger partial charge in [-0.15, -0.1) is 11.3 Å². The third kappa shape index (κ3) is 4.52. The number of anilines is 2. The molecule has 1 aliphatic rings. The minimum atomic E-state index is -0.447. The summed E-state index contributed by atoms with van der Waals surface area (Å²) in [7, 11) is 2.05. The average molecular weight is 529 g/mol. The number of carbonyl (C=O) groups is 1. The number of aromatic amines is 1. The molecule has 1 aliphatic heterocycles. The average Bonchev–Trinajstić information content (AvgIpc) is 3.51. The number of hydrogen-bond donors (Lipinski definition) is 2. The van der Waals surface area contributed by atoms with Gasteiger partial charge in [-0.2, -0.15) is 10.2 Å². The first-order valence-corrected chi connectivity index (χ1v) is 13.1. The molecule has 38 heavy (non-hydrogen) atoms. The number of thiophene rings is 1. The van der Waals surface area contributed by atoms with Crippen LogP contribution < -0.4 is 10.9 Å². The first kappa shape index (κ1) is 24.2. The molecular formula is C28H25FN6O2S. The fourth-order valence-corrected chi connectivity index (χ4v) is 5.82. The van der Waals surface area contributed by atoms with E-state index in [-0.39, 0.29) is 17.9 Å². The van der Waals surface area contributed by atoms with Gasteiger partial charge >= 0.3 is 0 Å². The van der Waals surface area contributed by atoms with Crippen molar-refractivity contribution < 1.29 is 9.18 Å². The molecule has 192 valence electrons. The van der Waals surface area contributed by atoms with Crippen LogP contribution in [0.25, 0.3) is 21.3 Å². The Bertz CT molecular complexity index is 1720. The van der Waals surface area contributed by atoms with E-state index in [1.165, 1.54) is 17.4 Å². The lowest BCUT2D eigenvalue weighted by atomic mass is 9.95. The highest BCUT2D eigenvalue weighted by molar-refractivity contribution is 7.20. The summed E-state index contributed by atoms with van der Waals surface area (Å²) < 4.78 is 17.9. The molecule has 4 heterocycles. The molecule has 0 amide bonds. The second-order valence-electron chi connectivity index (χ2n) is 9.55. The Morgan fingerprint density at radius 1 is 1.16 bits per heavy atom. The van der Waals surface area contributed by atoms with Crippen molar-refractivity contribution in [3.05, 3.63) is 92.5 Å². The van der Waals surface area contributed by atoms with E-state index in [2.05, 4.69) is 32.6 Å². The van der Waals surface area contributed by atoms with Crippen molar-refractivity contribution in [3.8, 4) is 11.3 Å². The topological polar surface area (TPSA) is 95.9 Å². The van der Waals surface area contributed by atoms with Crippen LogP contribution in [0.5, 0.6) is 0 Å². The molecule has 0 fully saturated rings. The molecule has 0 spiro atoms. The third-order valence-electron chi connectivity index (χ3n) is 6.91. The number of halogens is 1. The van der Waals surface area contributed by atoms with Gasteiger partial charge < -0.3 is 5.32 Å². The highest BCUT2D eigenvalue weighted by atomic mass is 32.1. The molecule has 0 atom stereocenters. The van der Waals surface area contributed by atoms with Crippen LogP contribution in [0.1, 0.15) is 26.5 Å². The first-order valence-electron chi connectivity index (χ1n) is 12.3. The Morgan fingerprint density at radius 2 is 2.00 bits per heavy atom. The van der Waals surface area contributed by atoms with Gasteiger partial charge in [0, 0.05) is 35.8 Å². The molecule has 0 aliphatic carbocycles. The monoisotopic (exact) mass is 528 g/mol. The zero-order valence-corrected chi connectivity index (χ0v) is 21.7. The Hall–Kier alpha value is -4.15. The molecule has 10 heteroatoms. The molecule has 5 aromatic rings. The zero-order valence-electron chi connectivity index (χ0n) is 20.9. The maximum atomic E-state index is 14.9. The number of carbonyl (C=O) groups excluding carboxylic acids is 1. The SMILES string of the molecule is Cc1c(-c2cc(Nc3cc4n(n3)CCN(C)C4)c(=O)[nH]n2)ccc(F)c1CC(=O)c1cc2ccccc2s1. The molecule has 0 saturated carbocycles. The maximum Gasteiger partial charge on any atom is 0.287 e. The van der Waals surface area contributed by atoms with Gasteiger partial charge in [-0.1, -0.05) is 18.2 Å². The van der Waals surface area contributed by atoms with E-state index in [1.54, 1.807) is 19.1 Å². The van der Waals surface area contributed by atoms with Gasteiger partial charge in [0.2, 0.25) is 0 Å². The number of nitrogens with one attached hydrogen (secondary N) is 2. The Labute approximate surface area is 221 Å². The number of rotatable bonds is 6. The van der Waals surface area contributed by atoms with Crippen LogP contribution in [0.15, 0.2) is 59.4 Å². The smallest absolute Gasteiger partial charge is 0.287 e. The van der Waals surface area contributed by atoms with E-state index in [4.69, 9.17) is 0 Å². The van der Waals surface area contributed by atoms with E-state index in [0.717, 1.165) is 35.4 Å². The van der Waals surface area contributed by atoms with Gasteiger partial charge in [-0.05, 0) is 60.8 Å². The lowest BCUT2D eigenvalue weighted by Crippen LogP contribution is -2.30. The summed E-state index contributed by atoms with van der Waals surface area (Å²) in [4.78, 5) is 28.5. The summed E-state index contributed by atoms with van der Waals surface area (Å²) in [5.74, 6) is -0.0167. The van der Waals surface area contributed by atoms with Crippen LogP contribution in [-0.2, 0) is 19.5 Å². The number of benzene rings is 2. The number of H-pyrrole nitrogens is 1. The molecule has 8 nitrogen and oxygen atoms in total. The molecule has 3 aromatic heterocycles. The quantitative estimate of drug-likeness (QED) is 0.304. The second-order valence-corrected chi connectivity index (χ2v) is 10.6. The van der Waals surface area contributed by atoms with Gasteiger partial charge in [0.1, 0.15) is 11.5 Å². The summed E-state index contributed by atoms with van der Waals surface area (Å²) in [5, 5.41) is 15.4. The Kier molecular flexibility index (Phi) is 6.13. The van der Waals surface area contributed by atoms with Crippen molar-refractivity contribution >= 4 is 38.7 Å². The summed E-state index contributed by atoms with van der Waals surface area (Å²) in [6.45, 7) is 4.24. The van der Waals surface area contributed by atoms with Crippen LogP contribution >= 0.6 is 11.3 Å². The predicted octanol–water partition coefficient (Wildman–Crippen LogP) is 4.91. The molecule has 2 N–H and O–H groups in total. The van der Waals surface area contributed by atoms with Crippen LogP contribution in [-0.4, -0.2) is 44.3 Å². The van der Waals surface area contributed by atoms with Crippen molar-refractivity contribution in [1.29, 1.82) is 0 Å². The van der Waals surface area contributed by atoms with E-state index < -0.39 is 11.4 Å². The molecule has 0 bridgehead atoms. The van der Waals surface area contributed by atoms with Gasteiger partial charge in [0.05, 0.1) is 22.8 Å². The van der Waals surface area contributed by atoms with Gasteiger partial charge in [0.25, 0.3) is 5.56 Å². The minimum absolute atomic E-state index is 0.0680. The van der Waals surface area contributed by atoms with Gasteiger partial charge in [-0.25, -0.2) is 9.49 Å². The molecule has 6 rings (SSSR count). The predicted molar refractivity (Wildman–Crippen MR) is 147 cm³/mol. The van der Waals surface area contributed by atoms with E-state index in [1.807, 2.05) is 41.1 Å². The van der Waals surface area contributed by atoms with Crippen molar-refractivity contribution in [3.63, 3.8) is 0 Å². The number of fused-ring (bicyclic) bond motifs is 2. The number of nitrogens with zero attached hydrogens (tertiary/aromatic N) is 4. The van der Waals surface area contributed by atoms with Crippen molar-refractivity contribution in [2.24, 2.45) is 0 Å². The lowest BCUT2D eigenvalue weighted by Gasteiger charge is -2.22. The number of aromatic nitrogens is 4. The standard InChI is InChI=1S/C28H25FN6O2S/c1-16-19(7-8-21(29)20(16)13-24(36)26-11-17-5-3-4-6-25(17)38-26)22-14-23(28(37)32-31-22)30-27-12-18-15-34(2)9-10-35(18)33-27/h3-8,11-12,14H,9-10,13,15H2,1-2H3,(H,32,37)(H,30,31,33). The van der Waals surface area contributed by atoms with Crippen LogP contribution in [0.4, 0.5) is 15.9 Å². The number of likely N-dealkylation sites (N-methyl/N-ethyl adjacent to an activating group) is 1. The maximum absolute atomic E-state index is 14.9. The number of ketones is 1. The van der Waals surface area contributed by atoms with E-state index >= 15 is 0 Å². The van der Waals surface area contributed by atoms with Crippen molar-refractivity contribution in [2.45, 2.75) is 26.4 Å². The van der Waals surface area contributed by atoms with Crippen LogP contribution in [0.3, 0.4) is 0 Å². The molecular weight excluding hydrogens is 503 g/mol. The van der Waals surface area contributed by atoms with Crippen molar-refractivity contribution in [1.82, 2.24) is 24.9 Å². The van der Waals surface area contributed by atoms with Gasteiger partial charge in [-0.3, -0.25) is 19.2 Å². The molecule has 0 radical (unpaired) electrons. The lowest BCUT2D eigenvalue weighted by molar-refractivity contribution is 0.0995. The van der Waals surface area contributed by atoms with E-state index in [9.17, 15) is 14.0 Å². The third-order valence-corrected chi connectivity index (χ3v) is 8.07. The zero-order chi connectivity index (χ0) is 26.4. The second kappa shape index (κ2) is 9.62. The number of hydrogen-bond acceptors (Lipinski definition) is 7. The highest BCUT2D eigenvalue weighted by Crippen LogP contribution is 2.30. The summed E-state index contributed by atoms with van der Waals surface area (Å²) >= 11 is 1.41. The normalized spacial score (nSPS) is 13.6. The summed E-state index contributed by atoms with van der Waals surface area (Å²) in [6, 6.07) is 16.2. The summed E-state index contributed by atoms with van der Waals surface area (Å²) in [5.41, 5.74) is 2.97. The number of Topliss-reactive ketones (excluding diaryl/α,β-unsaturated/α-hetero) is 1. The fraction of sp³-hybridized carbons (Fsp3) is 0.214. The highest BCUT2D eigenvalue weighted by Gasteiger charge is 2.20. The van der Waals surface area contributed by atoms with E-state index in [0.29, 0.717) is 33.1 Å². The molecule has 2 aromatic carbocycles. The fourth-order valence-electron chi connectivity index (χ4n) is 4.82. The molecule has 0 saturated heterocycles. The Morgan fingerprint density at radius 3 is 2.84 bits per heavy atom. The van der Waals surface area contributed by atoms with Crippen LogP contribution in [0.2, 0.25) is 0 Å². The van der Waals surface area contributed by atoms with Crippen LogP contribution in [0, 0.1) is 12.7 Å². The largest absolute Gasteiger partial charge is 0.334 e.